The highest BCUT2D eigenvalue weighted by Gasteiger charge is 2.37. The van der Waals surface area contributed by atoms with Crippen LogP contribution >= 0.6 is 0 Å². The van der Waals surface area contributed by atoms with Crippen LogP contribution in [0.4, 0.5) is 0 Å². The highest BCUT2D eigenvalue weighted by molar-refractivity contribution is 5.92. The van der Waals surface area contributed by atoms with E-state index in [1.54, 1.807) is 11.9 Å². The molecule has 2 atom stereocenters. The number of likely N-dealkylation sites (tertiary alicyclic amines) is 1. The zero-order valence-corrected chi connectivity index (χ0v) is 24.5. The van der Waals surface area contributed by atoms with Crippen molar-refractivity contribution >= 4 is 23.6 Å². The second kappa shape index (κ2) is 20.6. The Morgan fingerprint density at radius 1 is 0.923 bits per heavy atom. The first-order valence-corrected chi connectivity index (χ1v) is 14.0. The summed E-state index contributed by atoms with van der Waals surface area (Å²) in [5.74, 6) is -0.687. The first kappa shape index (κ1) is 34.7. The van der Waals surface area contributed by atoms with Crippen LogP contribution in [0.25, 0.3) is 0 Å². The summed E-state index contributed by atoms with van der Waals surface area (Å²) in [6, 6.07) is -1.21. The summed E-state index contributed by atoms with van der Waals surface area (Å²) in [7, 11) is 5.32. The van der Waals surface area contributed by atoms with Gasteiger partial charge < -0.3 is 41.0 Å². The maximum atomic E-state index is 13.2. The molecule has 13 nitrogen and oxygen atoms in total. The molecule has 1 fully saturated rings. The summed E-state index contributed by atoms with van der Waals surface area (Å²) >= 11 is 0. The van der Waals surface area contributed by atoms with Crippen molar-refractivity contribution in [1.29, 1.82) is 0 Å². The molecule has 0 saturated carbocycles. The Morgan fingerprint density at radius 2 is 1.59 bits per heavy atom. The highest BCUT2D eigenvalue weighted by Crippen LogP contribution is 2.20. The molecule has 0 aliphatic carbocycles. The summed E-state index contributed by atoms with van der Waals surface area (Å²) in [5.41, 5.74) is 0. The lowest BCUT2D eigenvalue weighted by atomic mass is 10.0. The molecule has 1 aliphatic rings. The van der Waals surface area contributed by atoms with Crippen LogP contribution in [0.1, 0.15) is 33.1 Å². The molecule has 0 aromatic heterocycles. The third-order valence-corrected chi connectivity index (χ3v) is 6.32. The Labute approximate surface area is 233 Å². The minimum absolute atomic E-state index is 0.0557. The van der Waals surface area contributed by atoms with Gasteiger partial charge in [-0.2, -0.15) is 0 Å². The van der Waals surface area contributed by atoms with Crippen LogP contribution in [0.2, 0.25) is 0 Å². The van der Waals surface area contributed by atoms with Gasteiger partial charge in [0.15, 0.2) is 0 Å². The fourth-order valence-electron chi connectivity index (χ4n) is 4.31. The van der Waals surface area contributed by atoms with Crippen molar-refractivity contribution in [2.75, 3.05) is 93.4 Å². The number of rotatable bonds is 21. The van der Waals surface area contributed by atoms with Crippen molar-refractivity contribution in [1.82, 2.24) is 36.4 Å². The van der Waals surface area contributed by atoms with E-state index in [-0.39, 0.29) is 43.5 Å². The molecule has 13 heteroatoms. The van der Waals surface area contributed by atoms with E-state index in [4.69, 9.17) is 9.47 Å². The number of nitrogens with one attached hydrogen (secondary N) is 5. The van der Waals surface area contributed by atoms with Crippen LogP contribution < -0.4 is 26.6 Å². The first-order valence-electron chi connectivity index (χ1n) is 14.0. The van der Waals surface area contributed by atoms with E-state index in [9.17, 15) is 19.2 Å². The minimum Gasteiger partial charge on any atom is -0.377 e. The highest BCUT2D eigenvalue weighted by atomic mass is 16.5. The lowest BCUT2D eigenvalue weighted by molar-refractivity contribution is -0.142. The summed E-state index contributed by atoms with van der Waals surface area (Å²) in [4.78, 5) is 53.6. The van der Waals surface area contributed by atoms with Gasteiger partial charge in [-0.05, 0) is 39.3 Å². The normalized spacial score (nSPS) is 16.0. The van der Waals surface area contributed by atoms with Gasteiger partial charge >= 0.3 is 0 Å². The smallest absolute Gasteiger partial charge is 0.246 e. The van der Waals surface area contributed by atoms with Crippen molar-refractivity contribution in [3.63, 3.8) is 0 Å². The van der Waals surface area contributed by atoms with E-state index in [0.29, 0.717) is 39.1 Å². The molecule has 226 valence electrons. The van der Waals surface area contributed by atoms with Crippen LogP contribution in [-0.2, 0) is 28.7 Å². The standard InChI is InChI=1S/C26H51N7O6/c1-20(2)17-21(26(37)33-11-6-7-22(33)25(36)29-5)31-24(35)19-39-16-15-38-14-10-30-23(34)18-32(12-8-27-3)13-9-28-4/h20-22,27-28H,6-19H2,1-5H3,(H,29,36)(H,30,34)(H,31,35). The second-order valence-electron chi connectivity index (χ2n) is 10.1. The predicted molar refractivity (Wildman–Crippen MR) is 149 cm³/mol. The molecule has 39 heavy (non-hydrogen) atoms. The summed E-state index contributed by atoms with van der Waals surface area (Å²) in [6.45, 7) is 8.98. The summed E-state index contributed by atoms with van der Waals surface area (Å²) in [5, 5.41) is 14.4. The molecule has 2 unspecified atom stereocenters. The van der Waals surface area contributed by atoms with E-state index < -0.39 is 18.0 Å². The molecular formula is C26H51N7O6. The zero-order chi connectivity index (χ0) is 29.0. The van der Waals surface area contributed by atoms with Crippen molar-refractivity contribution in [2.24, 2.45) is 5.92 Å². The molecular weight excluding hydrogens is 506 g/mol. The largest absolute Gasteiger partial charge is 0.377 e. The molecule has 0 radical (unpaired) electrons. The van der Waals surface area contributed by atoms with Gasteiger partial charge in [-0.3, -0.25) is 24.1 Å². The summed E-state index contributed by atoms with van der Waals surface area (Å²) < 4.78 is 10.9. The Bertz CT molecular complexity index is 732. The number of likely N-dealkylation sites (N-methyl/N-ethyl adjacent to an activating group) is 3. The molecule has 1 saturated heterocycles. The van der Waals surface area contributed by atoms with Crippen molar-refractivity contribution in [3.05, 3.63) is 0 Å². The number of carbonyl (C=O) groups excluding carboxylic acids is 4. The van der Waals surface area contributed by atoms with E-state index >= 15 is 0 Å². The van der Waals surface area contributed by atoms with Gasteiger partial charge in [-0.1, -0.05) is 13.8 Å². The topological polar surface area (TPSA) is 153 Å². The molecule has 0 aromatic carbocycles. The molecule has 5 N–H and O–H groups in total. The first-order chi connectivity index (χ1) is 18.7. The van der Waals surface area contributed by atoms with Gasteiger partial charge in [0.25, 0.3) is 0 Å². The van der Waals surface area contributed by atoms with Crippen LogP contribution in [0.15, 0.2) is 0 Å². The monoisotopic (exact) mass is 557 g/mol. The fraction of sp³-hybridized carbons (Fsp3) is 0.846. The van der Waals surface area contributed by atoms with E-state index in [0.717, 1.165) is 32.6 Å². The molecule has 1 rings (SSSR count). The third kappa shape index (κ3) is 14.6. The van der Waals surface area contributed by atoms with Gasteiger partial charge in [0.2, 0.25) is 23.6 Å². The minimum atomic E-state index is -0.710. The zero-order valence-electron chi connectivity index (χ0n) is 24.5. The Kier molecular flexibility index (Phi) is 18.3. The van der Waals surface area contributed by atoms with Crippen molar-refractivity contribution < 1.29 is 28.7 Å². The van der Waals surface area contributed by atoms with E-state index in [1.165, 1.54) is 0 Å². The van der Waals surface area contributed by atoms with E-state index in [2.05, 4.69) is 31.5 Å². The van der Waals surface area contributed by atoms with Crippen LogP contribution in [0, 0.1) is 5.92 Å². The average molecular weight is 558 g/mol. The third-order valence-electron chi connectivity index (χ3n) is 6.32. The second-order valence-corrected chi connectivity index (χ2v) is 10.1. The van der Waals surface area contributed by atoms with Gasteiger partial charge in [0.1, 0.15) is 18.7 Å². The predicted octanol–water partition coefficient (Wildman–Crippen LogP) is -1.86. The summed E-state index contributed by atoms with van der Waals surface area (Å²) in [6.07, 6.45) is 1.84. The molecule has 1 heterocycles. The van der Waals surface area contributed by atoms with Crippen LogP contribution in [0.5, 0.6) is 0 Å². The number of amides is 4. The Morgan fingerprint density at radius 3 is 2.21 bits per heavy atom. The van der Waals surface area contributed by atoms with Gasteiger partial charge in [0.05, 0.1) is 26.4 Å². The number of nitrogens with zero attached hydrogens (tertiary/aromatic N) is 2. The average Bonchev–Trinajstić information content (AvgIpc) is 3.40. The van der Waals surface area contributed by atoms with Crippen LogP contribution in [-0.4, -0.2) is 139 Å². The van der Waals surface area contributed by atoms with Gasteiger partial charge in [-0.15, -0.1) is 0 Å². The molecule has 0 bridgehead atoms. The fourth-order valence-corrected chi connectivity index (χ4v) is 4.31. The number of carbonyl (C=O) groups is 4. The lowest BCUT2D eigenvalue weighted by Crippen LogP contribution is -2.54. The molecule has 1 aliphatic heterocycles. The van der Waals surface area contributed by atoms with Gasteiger partial charge in [0, 0.05) is 46.3 Å². The van der Waals surface area contributed by atoms with Gasteiger partial charge in [-0.25, -0.2) is 0 Å². The maximum absolute atomic E-state index is 13.2. The maximum Gasteiger partial charge on any atom is 0.246 e. The lowest BCUT2D eigenvalue weighted by Gasteiger charge is -2.29. The SMILES string of the molecule is CNCCN(CCNC)CC(=O)NCCOCCOCC(=O)NC(CC(C)C)C(=O)N1CCCC1C(=O)NC. The van der Waals surface area contributed by atoms with Crippen LogP contribution in [0.3, 0.4) is 0 Å². The Hall–Kier alpha value is -2.32. The van der Waals surface area contributed by atoms with Crippen molar-refractivity contribution in [2.45, 2.75) is 45.2 Å². The van der Waals surface area contributed by atoms with Crippen molar-refractivity contribution in [3.8, 4) is 0 Å². The molecule has 4 amide bonds. The number of hydrogen-bond donors (Lipinski definition) is 5. The number of ether oxygens (including phenoxy) is 2. The molecule has 0 spiro atoms. The Balaban J connectivity index is 2.29. The number of hydrogen-bond acceptors (Lipinski definition) is 9. The molecule has 0 aromatic rings. The quantitative estimate of drug-likeness (QED) is 0.102. The van der Waals surface area contributed by atoms with E-state index in [1.807, 2.05) is 27.9 Å².